The van der Waals surface area contributed by atoms with Crippen LogP contribution in [0.3, 0.4) is 0 Å². The largest absolute Gasteiger partial charge is 0.350 e. The maximum absolute atomic E-state index is 12.3. The van der Waals surface area contributed by atoms with E-state index in [1.54, 1.807) is 11.2 Å². The summed E-state index contributed by atoms with van der Waals surface area (Å²) in [5.74, 6) is 0.540. The van der Waals surface area contributed by atoms with Crippen LogP contribution in [0.25, 0.3) is 0 Å². The molecule has 26 heavy (non-hydrogen) atoms. The molecule has 2 aliphatic heterocycles. The zero-order valence-corrected chi connectivity index (χ0v) is 16.8. The molecular formula is C17H29Cl2N5O2. The number of nitrogens with one attached hydrogen (secondary N) is 2. The highest BCUT2D eigenvalue weighted by molar-refractivity contribution is 5.86. The lowest BCUT2D eigenvalue weighted by molar-refractivity contribution is -0.133. The molecule has 0 radical (unpaired) electrons. The molecule has 148 valence electrons. The first kappa shape index (κ1) is 22.7. The predicted molar refractivity (Wildman–Crippen MR) is 105 cm³/mol. The normalized spacial score (nSPS) is 22.8. The van der Waals surface area contributed by atoms with Crippen molar-refractivity contribution in [3.63, 3.8) is 0 Å². The fraction of sp³-hybridized carbons (Fsp3) is 0.706. The molecule has 2 fully saturated rings. The number of hydrogen-bond donors (Lipinski definition) is 2. The van der Waals surface area contributed by atoms with Gasteiger partial charge in [0.25, 0.3) is 0 Å². The van der Waals surface area contributed by atoms with E-state index >= 15 is 0 Å². The Morgan fingerprint density at radius 1 is 1.38 bits per heavy atom. The first-order valence-corrected chi connectivity index (χ1v) is 8.92. The van der Waals surface area contributed by atoms with Gasteiger partial charge in [0.05, 0.1) is 12.9 Å². The average Bonchev–Trinajstić information content (AvgIpc) is 3.25. The van der Waals surface area contributed by atoms with Gasteiger partial charge in [0.15, 0.2) is 0 Å². The van der Waals surface area contributed by atoms with E-state index in [2.05, 4.69) is 27.1 Å². The Bertz CT molecular complexity index is 570. The minimum absolute atomic E-state index is 0. The van der Waals surface area contributed by atoms with E-state index in [4.69, 9.17) is 0 Å². The molecule has 2 N–H and O–H groups in total. The number of likely N-dealkylation sites (tertiary alicyclic amines) is 2. The fourth-order valence-corrected chi connectivity index (χ4v) is 3.83. The maximum atomic E-state index is 12.3. The maximum Gasteiger partial charge on any atom is 0.239 e. The van der Waals surface area contributed by atoms with E-state index < -0.39 is 0 Å². The van der Waals surface area contributed by atoms with Gasteiger partial charge in [-0.05, 0) is 18.8 Å². The molecule has 2 saturated heterocycles. The summed E-state index contributed by atoms with van der Waals surface area (Å²) < 4.78 is 0. The zero-order chi connectivity index (χ0) is 16.9. The summed E-state index contributed by atoms with van der Waals surface area (Å²) in [4.78, 5) is 35.2. The van der Waals surface area contributed by atoms with Gasteiger partial charge < -0.3 is 15.2 Å². The molecule has 0 aromatic carbocycles. The Labute approximate surface area is 167 Å². The van der Waals surface area contributed by atoms with E-state index in [-0.39, 0.29) is 49.2 Å². The van der Waals surface area contributed by atoms with Crippen molar-refractivity contribution in [1.82, 2.24) is 25.1 Å². The fourth-order valence-electron chi connectivity index (χ4n) is 3.83. The summed E-state index contributed by atoms with van der Waals surface area (Å²) in [5, 5.41) is 3.17. The summed E-state index contributed by atoms with van der Waals surface area (Å²) in [7, 11) is 0. The number of carbonyl (C=O) groups is 2. The van der Waals surface area contributed by atoms with Gasteiger partial charge in [-0.25, -0.2) is 4.98 Å². The van der Waals surface area contributed by atoms with Crippen LogP contribution in [0.4, 0.5) is 0 Å². The Morgan fingerprint density at radius 2 is 2.19 bits per heavy atom. The van der Waals surface area contributed by atoms with E-state index in [0.29, 0.717) is 18.9 Å². The second-order valence-electron chi connectivity index (χ2n) is 6.91. The van der Waals surface area contributed by atoms with Crippen molar-refractivity contribution in [2.45, 2.75) is 45.2 Å². The Hall–Kier alpha value is -1.31. The van der Waals surface area contributed by atoms with Crippen molar-refractivity contribution < 1.29 is 9.59 Å². The van der Waals surface area contributed by atoms with Crippen LogP contribution in [0, 0.1) is 5.92 Å². The number of hydrogen-bond acceptors (Lipinski definition) is 4. The van der Waals surface area contributed by atoms with Crippen molar-refractivity contribution in [1.29, 1.82) is 0 Å². The summed E-state index contributed by atoms with van der Waals surface area (Å²) >= 11 is 0. The van der Waals surface area contributed by atoms with Gasteiger partial charge in [0, 0.05) is 50.5 Å². The highest BCUT2D eigenvalue weighted by Crippen LogP contribution is 2.23. The minimum atomic E-state index is -0.0280. The van der Waals surface area contributed by atoms with Gasteiger partial charge >= 0.3 is 0 Å². The van der Waals surface area contributed by atoms with Crippen LogP contribution in [0.15, 0.2) is 12.5 Å². The molecule has 0 aliphatic carbocycles. The second-order valence-corrected chi connectivity index (χ2v) is 6.91. The lowest BCUT2D eigenvalue weighted by atomic mass is 9.98. The van der Waals surface area contributed by atoms with Gasteiger partial charge in [-0.15, -0.1) is 24.8 Å². The van der Waals surface area contributed by atoms with Crippen molar-refractivity contribution in [2.24, 2.45) is 5.92 Å². The summed E-state index contributed by atoms with van der Waals surface area (Å²) in [6, 6.07) is 0.165. The molecule has 2 aliphatic rings. The number of aromatic amines is 1. The molecule has 3 heterocycles. The quantitative estimate of drug-likeness (QED) is 0.721. The SMILES string of the molecule is CCC[C@H]1CN(Cc2cnc[nH]2)C[C@@H]1NC(=O)CN1CCCC1=O.Cl.Cl. The minimum Gasteiger partial charge on any atom is -0.350 e. The summed E-state index contributed by atoms with van der Waals surface area (Å²) in [5.41, 5.74) is 1.10. The Kier molecular flexibility index (Phi) is 9.39. The topological polar surface area (TPSA) is 81.3 Å². The highest BCUT2D eigenvalue weighted by atomic mass is 35.5. The van der Waals surface area contributed by atoms with Crippen molar-refractivity contribution in [2.75, 3.05) is 26.2 Å². The number of amides is 2. The van der Waals surface area contributed by atoms with E-state index in [0.717, 1.165) is 44.6 Å². The van der Waals surface area contributed by atoms with E-state index in [1.807, 2.05) is 6.20 Å². The third-order valence-corrected chi connectivity index (χ3v) is 4.98. The molecule has 9 heteroatoms. The number of nitrogens with zero attached hydrogens (tertiary/aromatic N) is 3. The number of carbonyl (C=O) groups excluding carboxylic acids is 2. The molecule has 0 unspecified atom stereocenters. The zero-order valence-electron chi connectivity index (χ0n) is 15.1. The molecule has 1 aromatic heterocycles. The van der Waals surface area contributed by atoms with Gasteiger partial charge in [-0.3, -0.25) is 14.5 Å². The van der Waals surface area contributed by atoms with Gasteiger partial charge in [-0.2, -0.15) is 0 Å². The van der Waals surface area contributed by atoms with Crippen molar-refractivity contribution in [3.8, 4) is 0 Å². The third kappa shape index (κ3) is 5.86. The van der Waals surface area contributed by atoms with Crippen LogP contribution in [0.5, 0.6) is 0 Å². The number of aromatic nitrogens is 2. The molecule has 0 bridgehead atoms. The first-order valence-electron chi connectivity index (χ1n) is 8.92. The summed E-state index contributed by atoms with van der Waals surface area (Å²) in [6.07, 6.45) is 7.20. The standard InChI is InChI=1S/C17H27N5O2.2ClH/c1-2-4-13-8-21(9-14-7-18-12-19-14)10-15(13)20-16(23)11-22-6-3-5-17(22)24;;/h7,12-13,15H,2-6,8-11H2,1H3,(H,18,19)(H,20,23);2*1H/t13-,15-;;/m0../s1. The van der Waals surface area contributed by atoms with Crippen molar-refractivity contribution >= 4 is 36.6 Å². The molecular weight excluding hydrogens is 377 g/mol. The smallest absolute Gasteiger partial charge is 0.239 e. The van der Waals surface area contributed by atoms with Crippen LogP contribution >= 0.6 is 24.8 Å². The predicted octanol–water partition coefficient (Wildman–Crippen LogP) is 1.59. The molecule has 1 aromatic rings. The first-order chi connectivity index (χ1) is 11.7. The average molecular weight is 406 g/mol. The van der Waals surface area contributed by atoms with E-state index in [1.165, 1.54) is 0 Å². The van der Waals surface area contributed by atoms with Crippen LogP contribution in [0.1, 0.15) is 38.3 Å². The Balaban J connectivity index is 0.00000169. The molecule has 3 rings (SSSR count). The Morgan fingerprint density at radius 3 is 2.81 bits per heavy atom. The number of H-pyrrole nitrogens is 1. The third-order valence-electron chi connectivity index (χ3n) is 4.98. The second kappa shape index (κ2) is 10.7. The van der Waals surface area contributed by atoms with Gasteiger partial charge in [-0.1, -0.05) is 13.3 Å². The molecule has 7 nitrogen and oxygen atoms in total. The van der Waals surface area contributed by atoms with E-state index in [9.17, 15) is 9.59 Å². The van der Waals surface area contributed by atoms with Crippen LogP contribution in [-0.4, -0.2) is 63.8 Å². The highest BCUT2D eigenvalue weighted by Gasteiger charge is 2.34. The molecule has 2 amide bonds. The lowest BCUT2D eigenvalue weighted by Gasteiger charge is -2.21. The number of imidazole rings is 1. The summed E-state index contributed by atoms with van der Waals surface area (Å²) in [6.45, 7) is 5.76. The number of rotatable bonds is 7. The molecule has 2 atom stereocenters. The lowest BCUT2D eigenvalue weighted by Crippen LogP contribution is -2.45. The number of halogens is 2. The molecule has 0 spiro atoms. The van der Waals surface area contributed by atoms with Gasteiger partial charge in [0.1, 0.15) is 0 Å². The van der Waals surface area contributed by atoms with Gasteiger partial charge in [0.2, 0.25) is 11.8 Å². The monoisotopic (exact) mass is 405 g/mol. The van der Waals surface area contributed by atoms with Crippen LogP contribution in [0.2, 0.25) is 0 Å². The van der Waals surface area contributed by atoms with Crippen LogP contribution < -0.4 is 5.32 Å². The van der Waals surface area contributed by atoms with Crippen LogP contribution in [-0.2, 0) is 16.1 Å². The molecule has 0 saturated carbocycles. The van der Waals surface area contributed by atoms with Crippen molar-refractivity contribution in [3.05, 3.63) is 18.2 Å².